The van der Waals surface area contributed by atoms with Crippen molar-refractivity contribution < 1.29 is 9.90 Å². The highest BCUT2D eigenvalue weighted by molar-refractivity contribution is 7.22. The molecule has 6 nitrogen and oxygen atoms in total. The molecule has 156 valence electrons. The Morgan fingerprint density at radius 1 is 1.16 bits per heavy atom. The molecule has 2 aromatic carbocycles. The molecule has 31 heavy (non-hydrogen) atoms. The van der Waals surface area contributed by atoms with Crippen LogP contribution in [0.2, 0.25) is 0 Å². The molecular weight excluding hydrogens is 428 g/mol. The van der Waals surface area contributed by atoms with E-state index in [0.717, 1.165) is 61.3 Å². The maximum Gasteiger partial charge on any atom is 0.355 e. The number of aromatic nitrogens is 2. The number of carboxylic acids is 1. The Bertz CT molecular complexity index is 1290. The highest BCUT2D eigenvalue weighted by Gasteiger charge is 2.20. The van der Waals surface area contributed by atoms with Gasteiger partial charge in [-0.25, -0.2) is 14.8 Å². The molecular formula is C23H20N4O2S2. The fourth-order valence-electron chi connectivity index (χ4n) is 3.81. The van der Waals surface area contributed by atoms with Crippen LogP contribution in [0.5, 0.6) is 0 Å². The number of fused-ring (bicyclic) bond motifs is 2. The molecule has 8 heteroatoms. The number of nitrogens with zero attached hydrogens (tertiary/aromatic N) is 3. The third-order valence-corrected chi connectivity index (χ3v) is 7.52. The van der Waals surface area contributed by atoms with Gasteiger partial charge in [0, 0.05) is 16.0 Å². The van der Waals surface area contributed by atoms with Crippen LogP contribution >= 0.6 is 22.7 Å². The maximum absolute atomic E-state index is 11.5. The summed E-state index contributed by atoms with van der Waals surface area (Å²) in [6.45, 7) is 1.95. The lowest BCUT2D eigenvalue weighted by molar-refractivity contribution is 0.0690. The lowest BCUT2D eigenvalue weighted by Crippen LogP contribution is -2.13. The van der Waals surface area contributed by atoms with Crippen molar-refractivity contribution in [3.8, 4) is 10.6 Å². The van der Waals surface area contributed by atoms with Crippen LogP contribution in [0, 0.1) is 0 Å². The number of para-hydroxylation sites is 1. The van der Waals surface area contributed by atoms with E-state index in [1.807, 2.05) is 31.2 Å². The summed E-state index contributed by atoms with van der Waals surface area (Å²) in [5, 5.41) is 15.6. The Balaban J connectivity index is 1.48. The number of hydrogen-bond acceptors (Lipinski definition) is 7. The van der Waals surface area contributed by atoms with Crippen molar-refractivity contribution in [1.29, 1.82) is 0 Å². The van der Waals surface area contributed by atoms with Gasteiger partial charge in [0.05, 0.1) is 15.9 Å². The second kappa shape index (κ2) is 8.20. The van der Waals surface area contributed by atoms with Crippen LogP contribution in [-0.4, -0.2) is 26.8 Å². The zero-order valence-electron chi connectivity index (χ0n) is 16.9. The van der Waals surface area contributed by atoms with Crippen molar-refractivity contribution >= 4 is 49.7 Å². The number of anilines is 1. The molecule has 5 rings (SSSR count). The molecule has 0 spiro atoms. The second-order valence-electron chi connectivity index (χ2n) is 7.33. The van der Waals surface area contributed by atoms with Crippen molar-refractivity contribution in [2.45, 2.75) is 32.6 Å². The van der Waals surface area contributed by atoms with Crippen molar-refractivity contribution in [2.75, 3.05) is 5.43 Å². The van der Waals surface area contributed by atoms with Crippen LogP contribution in [0.15, 0.2) is 47.6 Å². The molecule has 0 atom stereocenters. The average molecular weight is 449 g/mol. The molecule has 0 bridgehead atoms. The fraction of sp³-hybridized carbons (Fsp3) is 0.217. The molecule has 0 saturated heterocycles. The maximum atomic E-state index is 11.5. The molecule has 0 unspecified atom stereocenters. The average Bonchev–Trinajstić information content (AvgIpc) is 3.41. The van der Waals surface area contributed by atoms with Crippen LogP contribution in [0.25, 0.3) is 20.8 Å². The Hall–Kier alpha value is -3.10. The molecule has 0 radical (unpaired) electrons. The fourth-order valence-corrected chi connectivity index (χ4v) is 5.61. The van der Waals surface area contributed by atoms with Gasteiger partial charge in [-0.3, -0.25) is 5.43 Å². The van der Waals surface area contributed by atoms with Crippen LogP contribution in [0.3, 0.4) is 0 Å². The lowest BCUT2D eigenvalue weighted by atomic mass is 9.89. The number of aromatic carboxylic acids is 1. The third kappa shape index (κ3) is 3.84. The summed E-state index contributed by atoms with van der Waals surface area (Å²) in [5.41, 5.74) is 8.55. The molecule has 2 N–H and O–H groups in total. The van der Waals surface area contributed by atoms with E-state index in [1.54, 1.807) is 11.3 Å². The highest BCUT2D eigenvalue weighted by atomic mass is 32.1. The van der Waals surface area contributed by atoms with Gasteiger partial charge >= 0.3 is 5.97 Å². The number of benzene rings is 2. The lowest BCUT2D eigenvalue weighted by Gasteiger charge is -2.18. The summed E-state index contributed by atoms with van der Waals surface area (Å²) >= 11 is 3.03. The first kappa shape index (κ1) is 19.8. The zero-order chi connectivity index (χ0) is 21.4. The van der Waals surface area contributed by atoms with Gasteiger partial charge in [0.2, 0.25) is 5.13 Å². The van der Waals surface area contributed by atoms with Crippen LogP contribution in [0.4, 0.5) is 5.13 Å². The Kier molecular flexibility index (Phi) is 5.25. The smallest absolute Gasteiger partial charge is 0.355 e. The summed E-state index contributed by atoms with van der Waals surface area (Å²) < 4.78 is 1.13. The third-order valence-electron chi connectivity index (χ3n) is 5.33. The minimum absolute atomic E-state index is 0.159. The number of aryl methyl sites for hydroxylation is 2. The van der Waals surface area contributed by atoms with Gasteiger partial charge in [-0.1, -0.05) is 42.5 Å². The number of hydrazone groups is 1. The van der Waals surface area contributed by atoms with E-state index < -0.39 is 5.97 Å². The van der Waals surface area contributed by atoms with Crippen molar-refractivity contribution in [2.24, 2.45) is 5.10 Å². The molecule has 1 aliphatic rings. The van der Waals surface area contributed by atoms with Gasteiger partial charge < -0.3 is 5.11 Å². The zero-order valence-corrected chi connectivity index (χ0v) is 18.5. The van der Waals surface area contributed by atoms with E-state index in [-0.39, 0.29) is 5.69 Å². The van der Waals surface area contributed by atoms with E-state index in [0.29, 0.717) is 6.42 Å². The second-order valence-corrected chi connectivity index (χ2v) is 9.45. The Labute approximate surface area is 187 Å². The SMILES string of the molecule is CCc1sc(-c2ccc3c(c2)/C(=N/Nc2nc4ccccc4s2)CCC3)nc1C(=O)O. The summed E-state index contributed by atoms with van der Waals surface area (Å²) in [6, 6.07) is 14.3. The summed E-state index contributed by atoms with van der Waals surface area (Å²) in [6.07, 6.45) is 3.59. The van der Waals surface area contributed by atoms with Gasteiger partial charge in [0.15, 0.2) is 5.69 Å². The molecule has 4 aromatic rings. The number of carbonyl (C=O) groups is 1. The molecule has 0 saturated carbocycles. The number of hydrogen-bond donors (Lipinski definition) is 2. The predicted octanol–water partition coefficient (Wildman–Crippen LogP) is 5.83. The highest BCUT2D eigenvalue weighted by Crippen LogP contribution is 2.33. The summed E-state index contributed by atoms with van der Waals surface area (Å²) in [5.74, 6) is -0.973. The Morgan fingerprint density at radius 2 is 2.03 bits per heavy atom. The van der Waals surface area contributed by atoms with Crippen molar-refractivity contribution in [3.05, 3.63) is 64.2 Å². The monoisotopic (exact) mass is 448 g/mol. The van der Waals surface area contributed by atoms with Crippen molar-refractivity contribution in [1.82, 2.24) is 9.97 Å². The van der Waals surface area contributed by atoms with Gasteiger partial charge in [-0.2, -0.15) is 5.10 Å². The first-order valence-electron chi connectivity index (χ1n) is 10.2. The molecule has 0 aliphatic heterocycles. The molecule has 0 amide bonds. The number of carboxylic acid groups (broad SMARTS) is 1. The minimum atomic E-state index is -0.973. The topological polar surface area (TPSA) is 87.5 Å². The number of nitrogens with one attached hydrogen (secondary N) is 1. The van der Waals surface area contributed by atoms with Crippen LogP contribution in [-0.2, 0) is 12.8 Å². The Morgan fingerprint density at radius 3 is 2.81 bits per heavy atom. The quantitative estimate of drug-likeness (QED) is 0.375. The van der Waals surface area contributed by atoms with Gasteiger partial charge in [-0.15, -0.1) is 11.3 Å². The van der Waals surface area contributed by atoms with E-state index in [9.17, 15) is 9.90 Å². The standard InChI is InChI=1S/C23H20N4O2S2/c1-2-18-20(22(28)29)25-21(30-18)14-11-10-13-6-5-8-16(15(13)12-14)26-27-23-24-17-7-3-4-9-19(17)31-23/h3-4,7,9-12H,2,5-6,8H2,1H3,(H,24,27)(H,28,29)/b26-16+. The first-order valence-corrected chi connectivity index (χ1v) is 11.8. The van der Waals surface area contributed by atoms with E-state index in [1.165, 1.54) is 16.9 Å². The minimum Gasteiger partial charge on any atom is -0.476 e. The van der Waals surface area contributed by atoms with Crippen molar-refractivity contribution in [3.63, 3.8) is 0 Å². The number of thiazole rings is 2. The van der Waals surface area contributed by atoms with Gasteiger partial charge in [0.25, 0.3) is 0 Å². The number of rotatable bonds is 5. The van der Waals surface area contributed by atoms with E-state index >= 15 is 0 Å². The van der Waals surface area contributed by atoms with Crippen LogP contribution in [0.1, 0.15) is 46.3 Å². The molecule has 1 aliphatic carbocycles. The predicted molar refractivity (Wildman–Crippen MR) is 127 cm³/mol. The van der Waals surface area contributed by atoms with Crippen LogP contribution < -0.4 is 5.43 Å². The summed E-state index contributed by atoms with van der Waals surface area (Å²) in [4.78, 5) is 21.3. The normalized spacial score (nSPS) is 14.7. The summed E-state index contributed by atoms with van der Waals surface area (Å²) in [7, 11) is 0. The van der Waals surface area contributed by atoms with E-state index in [4.69, 9.17) is 5.10 Å². The molecule has 0 fully saturated rings. The van der Waals surface area contributed by atoms with Gasteiger partial charge in [0.1, 0.15) is 5.01 Å². The van der Waals surface area contributed by atoms with E-state index in [2.05, 4.69) is 33.6 Å². The molecule has 2 aromatic heterocycles. The first-order chi connectivity index (χ1) is 15.1. The largest absolute Gasteiger partial charge is 0.476 e. The molecule has 2 heterocycles. The van der Waals surface area contributed by atoms with Gasteiger partial charge in [-0.05, 0) is 49.4 Å².